The third kappa shape index (κ3) is 5.76. The summed E-state index contributed by atoms with van der Waals surface area (Å²) in [4.78, 5) is 22.5. The first-order valence-corrected chi connectivity index (χ1v) is 6.60. The smallest absolute Gasteiger partial charge is 0.507 e. The average Bonchev–Trinajstić information content (AvgIpc) is 2.35. The van der Waals surface area contributed by atoms with E-state index in [1.807, 2.05) is 0 Å². The molecule has 9 heteroatoms. The summed E-state index contributed by atoms with van der Waals surface area (Å²) in [5.41, 5.74) is -0.147. The van der Waals surface area contributed by atoms with Gasteiger partial charge in [0.15, 0.2) is 0 Å². The monoisotopic (exact) mass is 382 g/mol. The van der Waals surface area contributed by atoms with Crippen LogP contribution in [0.5, 0.6) is 5.75 Å². The Morgan fingerprint density at radius 3 is 2.50 bits per heavy atom. The molecule has 0 bridgehead atoms. The van der Waals surface area contributed by atoms with Crippen LogP contribution >= 0.6 is 15.9 Å². The minimum absolute atomic E-state index is 0.0281. The van der Waals surface area contributed by atoms with Crippen molar-refractivity contribution in [3.05, 3.63) is 34.3 Å². The molecule has 0 fully saturated rings. The predicted molar refractivity (Wildman–Crippen MR) is 73.1 cm³/mol. The lowest BCUT2D eigenvalue weighted by molar-refractivity contribution is -0.274. The van der Waals surface area contributed by atoms with Crippen molar-refractivity contribution in [2.45, 2.75) is 13.3 Å². The number of benzene rings is 1. The average molecular weight is 383 g/mol. The second-order valence-corrected chi connectivity index (χ2v) is 4.75. The van der Waals surface area contributed by atoms with Crippen molar-refractivity contribution in [3.63, 3.8) is 0 Å². The molecule has 0 saturated heterocycles. The number of ketones is 1. The molecule has 0 aliphatic rings. The Kier molecular flexibility index (Phi) is 5.98. The van der Waals surface area contributed by atoms with E-state index in [9.17, 15) is 27.9 Å². The van der Waals surface area contributed by atoms with Crippen LogP contribution in [0.15, 0.2) is 28.7 Å². The molecule has 0 atom stereocenters. The molecule has 0 unspecified atom stereocenters. The van der Waals surface area contributed by atoms with Crippen molar-refractivity contribution in [2.24, 2.45) is 0 Å². The lowest BCUT2D eigenvalue weighted by atomic mass is 10.1. The molecule has 1 rings (SSSR count). The first-order chi connectivity index (χ1) is 10.1. The highest BCUT2D eigenvalue weighted by atomic mass is 79.9. The van der Waals surface area contributed by atoms with E-state index in [-0.39, 0.29) is 16.6 Å². The number of ether oxygens (including phenoxy) is 2. The molecule has 5 nitrogen and oxygen atoms in total. The zero-order chi connectivity index (χ0) is 16.9. The van der Waals surface area contributed by atoms with Gasteiger partial charge in [-0.05, 0) is 25.1 Å². The summed E-state index contributed by atoms with van der Waals surface area (Å²) in [6, 6.07) is 3.13. The number of hydrogen-bond acceptors (Lipinski definition) is 5. The first kappa shape index (κ1) is 18.0. The van der Waals surface area contributed by atoms with Crippen LogP contribution in [0.3, 0.4) is 0 Å². The van der Waals surface area contributed by atoms with Gasteiger partial charge in [-0.25, -0.2) is 4.79 Å². The van der Waals surface area contributed by atoms with Crippen molar-refractivity contribution in [1.82, 2.24) is 0 Å². The first-order valence-electron chi connectivity index (χ1n) is 5.81. The number of hydrogen-bond donors (Lipinski definition) is 1. The Labute approximate surface area is 131 Å². The Bertz CT molecular complexity index is 610. The maximum Gasteiger partial charge on any atom is 0.573 e. The van der Waals surface area contributed by atoms with Crippen molar-refractivity contribution in [2.75, 3.05) is 6.61 Å². The summed E-state index contributed by atoms with van der Waals surface area (Å²) in [6.07, 6.45) is -4.35. The van der Waals surface area contributed by atoms with E-state index in [0.717, 1.165) is 12.1 Å². The maximum absolute atomic E-state index is 12.2. The van der Waals surface area contributed by atoms with Gasteiger partial charge in [-0.2, -0.15) is 0 Å². The molecule has 22 heavy (non-hydrogen) atoms. The maximum atomic E-state index is 12.2. The van der Waals surface area contributed by atoms with Gasteiger partial charge >= 0.3 is 12.3 Å². The van der Waals surface area contributed by atoms with Gasteiger partial charge < -0.3 is 14.6 Å². The third-order valence-corrected chi connectivity index (χ3v) is 2.60. The summed E-state index contributed by atoms with van der Waals surface area (Å²) in [5, 5.41) is 9.73. The topological polar surface area (TPSA) is 72.8 Å². The molecule has 0 aliphatic carbocycles. The van der Waals surface area contributed by atoms with E-state index in [2.05, 4.69) is 25.4 Å². The highest BCUT2D eigenvalue weighted by Gasteiger charge is 2.31. The van der Waals surface area contributed by atoms with Crippen molar-refractivity contribution >= 4 is 33.4 Å². The van der Waals surface area contributed by atoms with Crippen LogP contribution in [0, 0.1) is 0 Å². The fraction of sp³-hybridized carbons (Fsp3) is 0.231. The summed E-state index contributed by atoms with van der Waals surface area (Å²) >= 11 is 2.95. The van der Waals surface area contributed by atoms with Gasteiger partial charge in [-0.1, -0.05) is 15.9 Å². The second kappa shape index (κ2) is 7.30. The van der Waals surface area contributed by atoms with E-state index in [0.29, 0.717) is 6.08 Å². The molecule has 1 aromatic carbocycles. The molecule has 0 radical (unpaired) electrons. The summed E-state index contributed by atoms with van der Waals surface area (Å²) in [7, 11) is 0. The Balaban J connectivity index is 3.05. The van der Waals surface area contributed by atoms with Gasteiger partial charge in [-0.3, -0.25) is 4.79 Å². The molecule has 0 heterocycles. The van der Waals surface area contributed by atoms with Crippen LogP contribution in [0.1, 0.15) is 12.5 Å². The molecule has 0 spiro atoms. The second-order valence-electron chi connectivity index (χ2n) is 3.84. The molecule has 1 aromatic rings. The summed E-state index contributed by atoms with van der Waals surface area (Å²) < 4.78 is 44.9. The van der Waals surface area contributed by atoms with Gasteiger partial charge in [0.2, 0.25) is 0 Å². The molecular formula is C13H10BrF3O5. The van der Waals surface area contributed by atoms with Crippen LogP contribution in [0.4, 0.5) is 13.2 Å². The molecule has 0 saturated carbocycles. The van der Waals surface area contributed by atoms with Crippen molar-refractivity contribution < 1.29 is 37.3 Å². The number of halogens is 4. The Morgan fingerprint density at radius 2 is 1.95 bits per heavy atom. The highest BCUT2D eigenvalue weighted by Crippen LogP contribution is 2.29. The normalized spacial score (nSPS) is 12.0. The van der Waals surface area contributed by atoms with E-state index >= 15 is 0 Å². The predicted octanol–water partition coefficient (Wildman–Crippen LogP) is 3.38. The largest absolute Gasteiger partial charge is 0.573 e. The van der Waals surface area contributed by atoms with E-state index < -0.39 is 29.6 Å². The Hall–Kier alpha value is -2.03. The summed E-state index contributed by atoms with van der Waals surface area (Å²) in [5.74, 6) is -3.62. The SMILES string of the molecule is CCOC(=O)C(=O)C=C(O)c1cc(Br)cc(OC(F)(F)F)c1. The fourth-order valence-electron chi connectivity index (χ4n) is 1.37. The van der Waals surface area contributed by atoms with Gasteiger partial charge in [-0.15, -0.1) is 13.2 Å². The molecule has 0 aliphatic heterocycles. The molecule has 0 amide bonds. The lowest BCUT2D eigenvalue weighted by Gasteiger charge is -2.10. The van der Waals surface area contributed by atoms with Crippen LogP contribution in [0.2, 0.25) is 0 Å². The Morgan fingerprint density at radius 1 is 1.32 bits per heavy atom. The van der Waals surface area contributed by atoms with Crippen LogP contribution in [-0.2, 0) is 14.3 Å². The minimum Gasteiger partial charge on any atom is -0.507 e. The van der Waals surface area contributed by atoms with Gasteiger partial charge in [0.05, 0.1) is 6.61 Å². The lowest BCUT2D eigenvalue weighted by Crippen LogP contribution is -2.17. The van der Waals surface area contributed by atoms with E-state index in [4.69, 9.17) is 0 Å². The van der Waals surface area contributed by atoms with E-state index in [1.54, 1.807) is 0 Å². The third-order valence-electron chi connectivity index (χ3n) is 2.15. The molecule has 120 valence electrons. The van der Waals surface area contributed by atoms with Gasteiger partial charge in [0.1, 0.15) is 11.5 Å². The number of alkyl halides is 3. The van der Waals surface area contributed by atoms with Crippen LogP contribution < -0.4 is 4.74 Å². The number of esters is 1. The number of carbonyl (C=O) groups excluding carboxylic acids is 2. The van der Waals surface area contributed by atoms with Crippen molar-refractivity contribution in [3.8, 4) is 5.75 Å². The quantitative estimate of drug-likeness (QED) is 0.365. The van der Waals surface area contributed by atoms with Gasteiger partial charge in [0, 0.05) is 16.1 Å². The zero-order valence-corrected chi connectivity index (χ0v) is 12.7. The number of rotatable bonds is 5. The fourth-order valence-corrected chi connectivity index (χ4v) is 1.84. The number of aliphatic hydroxyl groups excluding tert-OH is 1. The van der Waals surface area contributed by atoms with E-state index in [1.165, 1.54) is 13.0 Å². The number of aliphatic hydroxyl groups is 1. The minimum atomic E-state index is -4.90. The van der Waals surface area contributed by atoms with Gasteiger partial charge in [0.25, 0.3) is 5.78 Å². The standard InChI is InChI=1S/C13H10BrF3O5/c1-2-21-12(20)11(19)6-10(18)7-3-8(14)5-9(4-7)22-13(15,16)17/h3-6,18H,2H2,1H3. The number of carbonyl (C=O) groups is 2. The summed E-state index contributed by atoms with van der Waals surface area (Å²) in [6.45, 7) is 1.46. The molecule has 1 N–H and O–H groups in total. The van der Waals surface area contributed by atoms with Crippen molar-refractivity contribution in [1.29, 1.82) is 0 Å². The zero-order valence-electron chi connectivity index (χ0n) is 11.1. The van der Waals surface area contributed by atoms with Crippen LogP contribution in [0.25, 0.3) is 5.76 Å². The molecular weight excluding hydrogens is 373 g/mol. The molecule has 0 aromatic heterocycles. The highest BCUT2D eigenvalue weighted by molar-refractivity contribution is 9.10. The van der Waals surface area contributed by atoms with Crippen LogP contribution in [-0.4, -0.2) is 29.8 Å².